The number of nitrogens with two attached hydrogens (primary N) is 1. The van der Waals surface area contributed by atoms with Crippen LogP contribution >= 0.6 is 11.3 Å². The molecule has 0 spiro atoms. The van der Waals surface area contributed by atoms with Gasteiger partial charge in [0.2, 0.25) is 0 Å². The van der Waals surface area contributed by atoms with E-state index in [0.717, 1.165) is 5.69 Å². The maximum Gasteiger partial charge on any atom is 0.0967 e. The maximum atomic E-state index is 5.72. The Morgan fingerprint density at radius 3 is 2.85 bits per heavy atom. The highest BCUT2D eigenvalue weighted by molar-refractivity contribution is 7.09. The van der Waals surface area contributed by atoms with Crippen LogP contribution in [0.5, 0.6) is 0 Å². The molecule has 1 rings (SSSR count). The second-order valence-corrected chi connectivity index (χ2v) is 4.20. The van der Waals surface area contributed by atoms with Crippen LogP contribution in [0.4, 0.5) is 0 Å². The number of rotatable bonds is 3. The van der Waals surface area contributed by atoms with E-state index >= 15 is 0 Å². The van der Waals surface area contributed by atoms with Crippen LogP contribution in [0.1, 0.15) is 24.4 Å². The largest absolute Gasteiger partial charge is 0.387 e. The highest BCUT2D eigenvalue weighted by Gasteiger charge is 2.02. The van der Waals surface area contributed by atoms with Crippen molar-refractivity contribution >= 4 is 17.2 Å². The fraction of sp³-hybridized carbons (Fsp3) is 0.556. The Bertz CT molecular complexity index is 302. The van der Waals surface area contributed by atoms with Crippen molar-refractivity contribution in [3.8, 4) is 0 Å². The van der Waals surface area contributed by atoms with Gasteiger partial charge in [-0.1, -0.05) is 13.8 Å². The molecule has 0 unspecified atom stereocenters. The number of aliphatic imine (C=N–C) groups is 1. The van der Waals surface area contributed by atoms with Crippen LogP contribution in [0.15, 0.2) is 10.5 Å². The molecule has 1 aromatic heterocycles. The molecule has 13 heavy (non-hydrogen) atoms. The van der Waals surface area contributed by atoms with E-state index in [1.165, 1.54) is 4.88 Å². The molecule has 2 N–H and O–H groups in total. The molecule has 0 atom stereocenters. The lowest BCUT2D eigenvalue weighted by Gasteiger charge is -2.02. The predicted molar refractivity (Wildman–Crippen MR) is 57.0 cm³/mol. The van der Waals surface area contributed by atoms with Crippen LogP contribution in [0.3, 0.4) is 0 Å². The average Bonchev–Trinajstić information content (AvgIpc) is 2.47. The number of amidine groups is 1. The van der Waals surface area contributed by atoms with Gasteiger partial charge in [-0.25, -0.2) is 4.98 Å². The van der Waals surface area contributed by atoms with E-state index < -0.39 is 0 Å². The van der Waals surface area contributed by atoms with E-state index in [1.54, 1.807) is 11.3 Å². The Labute approximate surface area is 82.7 Å². The molecule has 1 heterocycles. The second kappa shape index (κ2) is 4.37. The Kier molecular flexibility index (Phi) is 3.42. The fourth-order valence-electron chi connectivity index (χ4n) is 0.824. The van der Waals surface area contributed by atoms with Crippen LogP contribution in [-0.2, 0) is 6.54 Å². The molecule has 0 saturated carbocycles. The van der Waals surface area contributed by atoms with Gasteiger partial charge in [-0.05, 0) is 6.92 Å². The van der Waals surface area contributed by atoms with Gasteiger partial charge in [0.15, 0.2) is 0 Å². The summed E-state index contributed by atoms with van der Waals surface area (Å²) in [6.45, 7) is 6.74. The van der Waals surface area contributed by atoms with Gasteiger partial charge in [0.05, 0.1) is 23.6 Å². The van der Waals surface area contributed by atoms with E-state index in [-0.39, 0.29) is 0 Å². The van der Waals surface area contributed by atoms with Gasteiger partial charge in [0.25, 0.3) is 0 Å². The van der Waals surface area contributed by atoms with E-state index in [0.29, 0.717) is 18.3 Å². The summed E-state index contributed by atoms with van der Waals surface area (Å²) >= 11 is 1.63. The smallest absolute Gasteiger partial charge is 0.0967 e. The molecule has 4 heteroatoms. The summed E-state index contributed by atoms with van der Waals surface area (Å²) in [5.74, 6) is 1.04. The number of aromatic nitrogens is 1. The molecule has 0 bridgehead atoms. The number of nitrogens with zero attached hydrogens (tertiary/aromatic N) is 2. The molecule has 0 fully saturated rings. The van der Waals surface area contributed by atoms with Crippen molar-refractivity contribution in [1.29, 1.82) is 0 Å². The van der Waals surface area contributed by atoms with Crippen LogP contribution in [0.25, 0.3) is 0 Å². The molecule has 72 valence electrons. The van der Waals surface area contributed by atoms with E-state index in [1.807, 2.05) is 26.3 Å². The summed E-state index contributed by atoms with van der Waals surface area (Å²) in [7, 11) is 0. The predicted octanol–water partition coefficient (Wildman–Crippen LogP) is 1.96. The minimum absolute atomic E-state index is 0.327. The van der Waals surface area contributed by atoms with Gasteiger partial charge >= 0.3 is 0 Å². The van der Waals surface area contributed by atoms with Crippen molar-refractivity contribution in [3.05, 3.63) is 16.1 Å². The monoisotopic (exact) mass is 197 g/mol. The van der Waals surface area contributed by atoms with Gasteiger partial charge in [0, 0.05) is 10.8 Å². The molecule has 0 aliphatic carbocycles. The molecule has 0 radical (unpaired) electrons. The van der Waals surface area contributed by atoms with Crippen LogP contribution in [-0.4, -0.2) is 10.8 Å². The maximum absolute atomic E-state index is 5.72. The average molecular weight is 197 g/mol. The van der Waals surface area contributed by atoms with Gasteiger partial charge in [-0.3, -0.25) is 4.99 Å². The molecule has 3 nitrogen and oxygen atoms in total. The fourth-order valence-corrected chi connectivity index (χ4v) is 1.52. The Hall–Kier alpha value is -0.900. The van der Waals surface area contributed by atoms with Gasteiger partial charge in [-0.2, -0.15) is 0 Å². The molecular formula is C9H15N3S. The lowest BCUT2D eigenvalue weighted by molar-refractivity contribution is 0.855. The first-order valence-corrected chi connectivity index (χ1v) is 5.18. The van der Waals surface area contributed by atoms with Crippen molar-refractivity contribution in [1.82, 2.24) is 4.98 Å². The van der Waals surface area contributed by atoms with Crippen molar-refractivity contribution in [2.24, 2.45) is 16.6 Å². The van der Waals surface area contributed by atoms with E-state index in [9.17, 15) is 0 Å². The number of hydrogen-bond acceptors (Lipinski definition) is 3. The summed E-state index contributed by atoms with van der Waals surface area (Å²) in [4.78, 5) is 9.64. The van der Waals surface area contributed by atoms with Crippen LogP contribution in [0, 0.1) is 12.8 Å². The number of thiazole rings is 1. The summed E-state index contributed by atoms with van der Waals surface area (Å²) in [5, 5.41) is 0. The molecular weight excluding hydrogens is 182 g/mol. The SMILES string of the molecule is Cc1ncsc1CN=C(N)C(C)C. The minimum atomic E-state index is 0.327. The van der Waals surface area contributed by atoms with Crippen LogP contribution in [0.2, 0.25) is 0 Å². The molecule has 0 aliphatic heterocycles. The summed E-state index contributed by atoms with van der Waals surface area (Å²) in [6, 6.07) is 0. The molecule has 0 amide bonds. The zero-order chi connectivity index (χ0) is 9.84. The number of aryl methyl sites for hydroxylation is 1. The zero-order valence-electron chi connectivity index (χ0n) is 8.24. The molecule has 1 aromatic rings. The summed E-state index contributed by atoms with van der Waals surface area (Å²) in [5.41, 5.74) is 8.62. The number of hydrogen-bond donors (Lipinski definition) is 1. The third-order valence-electron chi connectivity index (χ3n) is 1.84. The van der Waals surface area contributed by atoms with E-state index in [2.05, 4.69) is 9.98 Å². The highest BCUT2D eigenvalue weighted by Crippen LogP contribution is 2.13. The summed E-state index contributed by atoms with van der Waals surface area (Å²) < 4.78 is 0. The normalized spacial score (nSPS) is 12.5. The van der Waals surface area contributed by atoms with Crippen molar-refractivity contribution in [2.45, 2.75) is 27.3 Å². The van der Waals surface area contributed by atoms with Gasteiger partial charge < -0.3 is 5.73 Å². The standard InChI is InChI=1S/C9H15N3S/c1-6(2)9(10)11-4-8-7(3)12-5-13-8/h5-6H,4H2,1-3H3,(H2,10,11). The second-order valence-electron chi connectivity index (χ2n) is 3.26. The van der Waals surface area contributed by atoms with Crippen molar-refractivity contribution in [2.75, 3.05) is 0 Å². The minimum Gasteiger partial charge on any atom is -0.387 e. The Morgan fingerprint density at radius 1 is 1.69 bits per heavy atom. The first-order valence-electron chi connectivity index (χ1n) is 4.30. The zero-order valence-corrected chi connectivity index (χ0v) is 9.06. The third kappa shape index (κ3) is 2.81. The molecule has 0 saturated heterocycles. The van der Waals surface area contributed by atoms with E-state index in [4.69, 9.17) is 5.73 Å². The highest BCUT2D eigenvalue weighted by atomic mass is 32.1. The first kappa shape index (κ1) is 10.2. The lowest BCUT2D eigenvalue weighted by Crippen LogP contribution is -2.18. The van der Waals surface area contributed by atoms with Gasteiger partial charge in [-0.15, -0.1) is 11.3 Å². The van der Waals surface area contributed by atoms with Crippen molar-refractivity contribution < 1.29 is 0 Å². The molecule has 0 aliphatic rings. The summed E-state index contributed by atoms with van der Waals surface area (Å²) in [6.07, 6.45) is 0. The van der Waals surface area contributed by atoms with Gasteiger partial charge in [0.1, 0.15) is 0 Å². The van der Waals surface area contributed by atoms with Crippen LogP contribution < -0.4 is 5.73 Å². The topological polar surface area (TPSA) is 51.3 Å². The first-order chi connectivity index (χ1) is 6.11. The molecule has 0 aromatic carbocycles. The Morgan fingerprint density at radius 2 is 2.38 bits per heavy atom. The van der Waals surface area contributed by atoms with Crippen molar-refractivity contribution in [3.63, 3.8) is 0 Å². The third-order valence-corrected chi connectivity index (χ3v) is 2.76. The quantitative estimate of drug-likeness (QED) is 0.595. The lowest BCUT2D eigenvalue weighted by atomic mass is 10.2. The Balaban J connectivity index is 2.61.